The summed E-state index contributed by atoms with van der Waals surface area (Å²) in [4.78, 5) is 5.46. The molecule has 0 bridgehead atoms. The number of rotatable bonds is 0. The van der Waals surface area contributed by atoms with Crippen molar-refractivity contribution in [1.82, 2.24) is 14.9 Å². The number of hydrogen-bond acceptors (Lipinski definition) is 3. The molecule has 2 rings (SSSR count). The van der Waals surface area contributed by atoms with Gasteiger partial charge in [0, 0.05) is 11.1 Å². The van der Waals surface area contributed by atoms with Gasteiger partial charge in [-0.3, -0.25) is 0 Å². The third kappa shape index (κ3) is 1.96. The molecule has 0 aliphatic heterocycles. The lowest BCUT2D eigenvalue weighted by Gasteiger charge is -1.87. The fourth-order valence-electron chi connectivity index (χ4n) is 1.02. The molecule has 0 aliphatic carbocycles. The van der Waals surface area contributed by atoms with E-state index in [1.807, 2.05) is 32.9 Å². The van der Waals surface area contributed by atoms with Crippen LogP contribution in [0.15, 0.2) is 18.3 Å². The summed E-state index contributed by atoms with van der Waals surface area (Å²) in [5.74, 6) is 5.41. The van der Waals surface area contributed by atoms with Crippen molar-refractivity contribution >= 4 is 11.0 Å². The summed E-state index contributed by atoms with van der Waals surface area (Å²) in [6.45, 7) is 5.93. The zero-order chi connectivity index (χ0) is 9.84. The molecule has 70 valence electrons. The van der Waals surface area contributed by atoms with E-state index in [-0.39, 0.29) is 0 Å². The molecule has 0 aromatic carbocycles. The van der Waals surface area contributed by atoms with Crippen LogP contribution in [0.3, 0.4) is 0 Å². The summed E-state index contributed by atoms with van der Waals surface area (Å²) in [6.07, 6.45) is 1.74. The fourth-order valence-corrected chi connectivity index (χ4v) is 1.02. The predicted molar refractivity (Wildman–Crippen MR) is 53.8 cm³/mol. The quantitative estimate of drug-likeness (QED) is 0.622. The van der Waals surface area contributed by atoms with Crippen molar-refractivity contribution < 1.29 is 0 Å². The molecular formula is C9H14N4. The molecule has 13 heavy (non-hydrogen) atoms. The summed E-state index contributed by atoms with van der Waals surface area (Å²) in [5.41, 5.74) is 1.66. The molecule has 0 fully saturated rings. The second-order valence-electron chi connectivity index (χ2n) is 2.47. The van der Waals surface area contributed by atoms with E-state index in [1.165, 1.54) is 4.79 Å². The number of hydrogen-bond donors (Lipinski definition) is 1. The Balaban J connectivity index is 0.000000396. The molecule has 0 amide bonds. The van der Waals surface area contributed by atoms with E-state index < -0.39 is 0 Å². The van der Waals surface area contributed by atoms with Crippen molar-refractivity contribution in [1.29, 1.82) is 0 Å². The molecule has 4 heteroatoms. The molecule has 2 heterocycles. The summed E-state index contributed by atoms with van der Waals surface area (Å²) in [7, 11) is 0. The van der Waals surface area contributed by atoms with Crippen LogP contribution < -0.4 is 5.84 Å². The molecule has 0 aliphatic rings. The van der Waals surface area contributed by atoms with Gasteiger partial charge in [-0.2, -0.15) is 4.79 Å². The minimum atomic E-state index is 0.701. The van der Waals surface area contributed by atoms with Crippen molar-refractivity contribution in [3.8, 4) is 0 Å². The first-order chi connectivity index (χ1) is 6.25. The first-order valence-electron chi connectivity index (χ1n) is 4.34. The van der Waals surface area contributed by atoms with E-state index in [2.05, 4.69) is 10.1 Å². The zero-order valence-corrected chi connectivity index (χ0v) is 8.15. The van der Waals surface area contributed by atoms with Crippen molar-refractivity contribution in [2.45, 2.75) is 20.8 Å². The highest BCUT2D eigenvalue weighted by molar-refractivity contribution is 5.73. The number of pyridine rings is 1. The van der Waals surface area contributed by atoms with Crippen LogP contribution in [0.1, 0.15) is 19.5 Å². The van der Waals surface area contributed by atoms with Gasteiger partial charge in [0.25, 0.3) is 0 Å². The third-order valence-corrected chi connectivity index (χ3v) is 1.53. The first-order valence-corrected chi connectivity index (χ1v) is 4.34. The Labute approximate surface area is 77.4 Å². The van der Waals surface area contributed by atoms with E-state index in [4.69, 9.17) is 5.84 Å². The van der Waals surface area contributed by atoms with Gasteiger partial charge in [0.05, 0.1) is 6.20 Å². The maximum atomic E-state index is 5.41. The Kier molecular flexibility index (Phi) is 2.84. The number of aromatic nitrogens is 3. The molecule has 0 unspecified atom stereocenters. The molecule has 0 saturated carbocycles. The smallest absolute Gasteiger partial charge is 0.183 e. The van der Waals surface area contributed by atoms with Crippen LogP contribution in [-0.2, 0) is 0 Å². The van der Waals surface area contributed by atoms with Crippen molar-refractivity contribution in [2.24, 2.45) is 0 Å². The number of aryl methyl sites for hydroxylation is 1. The van der Waals surface area contributed by atoms with E-state index in [0.717, 1.165) is 11.1 Å². The van der Waals surface area contributed by atoms with Gasteiger partial charge >= 0.3 is 0 Å². The van der Waals surface area contributed by atoms with Gasteiger partial charge in [0.15, 0.2) is 5.65 Å². The lowest BCUT2D eigenvalue weighted by atomic mass is 10.3. The molecule has 0 radical (unpaired) electrons. The van der Waals surface area contributed by atoms with Gasteiger partial charge in [0.2, 0.25) is 0 Å². The van der Waals surface area contributed by atoms with Gasteiger partial charge in [-0.1, -0.05) is 13.8 Å². The highest BCUT2D eigenvalue weighted by Crippen LogP contribution is 2.07. The van der Waals surface area contributed by atoms with Crippen molar-refractivity contribution in [2.75, 3.05) is 5.84 Å². The average Bonchev–Trinajstić information content (AvgIpc) is 2.48. The summed E-state index contributed by atoms with van der Waals surface area (Å²) >= 11 is 0. The molecule has 2 aromatic rings. The standard InChI is InChI=1S/C7H8N4.C2H6/c1-5-2-3-6-4-11(8)10-7(6)9-5;1-2/h2-4H,8H2,1H3;1-2H3. The second kappa shape index (κ2) is 3.89. The second-order valence-corrected chi connectivity index (χ2v) is 2.47. The topological polar surface area (TPSA) is 56.7 Å². The summed E-state index contributed by atoms with van der Waals surface area (Å²) in [6, 6.07) is 3.89. The van der Waals surface area contributed by atoms with E-state index in [0.29, 0.717) is 5.65 Å². The molecule has 0 saturated heterocycles. The van der Waals surface area contributed by atoms with Crippen molar-refractivity contribution in [3.05, 3.63) is 24.0 Å². The van der Waals surface area contributed by atoms with Crippen LogP contribution in [-0.4, -0.2) is 14.9 Å². The molecule has 4 nitrogen and oxygen atoms in total. The maximum Gasteiger partial charge on any atom is 0.183 e. The van der Waals surface area contributed by atoms with Crippen LogP contribution in [0.4, 0.5) is 0 Å². The Hall–Kier alpha value is -1.58. The largest absolute Gasteiger partial charge is 0.323 e. The van der Waals surface area contributed by atoms with Crippen LogP contribution in [0.5, 0.6) is 0 Å². The Bertz CT molecular complexity index is 391. The third-order valence-electron chi connectivity index (χ3n) is 1.53. The van der Waals surface area contributed by atoms with Gasteiger partial charge in [0.1, 0.15) is 0 Å². The Morgan fingerprint density at radius 3 is 2.69 bits per heavy atom. The van der Waals surface area contributed by atoms with Gasteiger partial charge in [-0.05, 0) is 19.1 Å². The minimum absolute atomic E-state index is 0.701. The lowest BCUT2D eigenvalue weighted by molar-refractivity contribution is 0.840. The highest BCUT2D eigenvalue weighted by Gasteiger charge is 1.98. The normalized spacial score (nSPS) is 9.46. The van der Waals surface area contributed by atoms with Crippen LogP contribution in [0.2, 0.25) is 0 Å². The van der Waals surface area contributed by atoms with E-state index in [1.54, 1.807) is 6.20 Å². The zero-order valence-electron chi connectivity index (χ0n) is 8.15. The minimum Gasteiger partial charge on any atom is -0.323 e. The van der Waals surface area contributed by atoms with Gasteiger partial charge < -0.3 is 5.84 Å². The molecule has 2 aromatic heterocycles. The number of fused-ring (bicyclic) bond motifs is 1. The highest BCUT2D eigenvalue weighted by atomic mass is 15.5. The number of nitrogens with two attached hydrogens (primary N) is 1. The predicted octanol–water partition coefficient (Wildman–Crippen LogP) is 1.48. The summed E-state index contributed by atoms with van der Waals surface area (Å²) < 4.78 is 0. The maximum absolute atomic E-state index is 5.41. The van der Waals surface area contributed by atoms with Crippen LogP contribution in [0, 0.1) is 6.92 Å². The molecule has 0 atom stereocenters. The SMILES string of the molecule is CC.Cc1ccc2cn(N)nc2n1. The molecular weight excluding hydrogens is 164 g/mol. The number of nitrogen functional groups attached to an aromatic ring is 1. The number of nitrogens with zero attached hydrogens (tertiary/aromatic N) is 3. The fraction of sp³-hybridized carbons (Fsp3) is 0.333. The average molecular weight is 178 g/mol. The molecule has 2 N–H and O–H groups in total. The van der Waals surface area contributed by atoms with Crippen molar-refractivity contribution in [3.63, 3.8) is 0 Å². The van der Waals surface area contributed by atoms with E-state index in [9.17, 15) is 0 Å². The van der Waals surface area contributed by atoms with Gasteiger partial charge in [-0.15, -0.1) is 5.10 Å². The lowest BCUT2D eigenvalue weighted by Crippen LogP contribution is -2.07. The Morgan fingerprint density at radius 1 is 1.31 bits per heavy atom. The first kappa shape index (κ1) is 9.51. The monoisotopic (exact) mass is 178 g/mol. The van der Waals surface area contributed by atoms with Crippen LogP contribution >= 0.6 is 0 Å². The van der Waals surface area contributed by atoms with Gasteiger partial charge in [-0.25, -0.2) is 4.98 Å². The molecule has 0 spiro atoms. The van der Waals surface area contributed by atoms with Crippen LogP contribution in [0.25, 0.3) is 11.0 Å². The Morgan fingerprint density at radius 2 is 2.00 bits per heavy atom. The summed E-state index contributed by atoms with van der Waals surface area (Å²) in [5, 5.41) is 4.93. The van der Waals surface area contributed by atoms with E-state index >= 15 is 0 Å².